The molecule has 0 heterocycles. The van der Waals surface area contributed by atoms with E-state index in [1.54, 1.807) is 0 Å². The first kappa shape index (κ1) is 20.0. The van der Waals surface area contributed by atoms with Crippen molar-refractivity contribution in [3.05, 3.63) is 47.5 Å². The molecule has 27 heavy (non-hydrogen) atoms. The molecule has 0 saturated carbocycles. The van der Waals surface area contributed by atoms with Gasteiger partial charge in [-0.05, 0) is 48.7 Å². The van der Waals surface area contributed by atoms with Gasteiger partial charge in [-0.3, -0.25) is 0 Å². The van der Waals surface area contributed by atoms with Gasteiger partial charge in [0.25, 0.3) is 0 Å². The first-order valence-corrected chi connectivity index (χ1v) is 7.92. The lowest BCUT2D eigenvalue weighted by atomic mass is 10.1. The van der Waals surface area contributed by atoms with Crippen molar-refractivity contribution in [2.45, 2.75) is 0 Å². The Labute approximate surface area is 164 Å². The van der Waals surface area contributed by atoms with Crippen LogP contribution in [0.3, 0.4) is 0 Å². The first-order valence-electron chi connectivity index (χ1n) is 7.11. The summed E-state index contributed by atoms with van der Waals surface area (Å²) in [4.78, 5) is 29.8. The number of nitrogens with zero attached hydrogens (tertiary/aromatic N) is 2. The van der Waals surface area contributed by atoms with Crippen LogP contribution in [-0.4, -0.2) is 40.2 Å². The topological polar surface area (TPSA) is 118 Å². The van der Waals surface area contributed by atoms with E-state index in [0.29, 0.717) is 0 Å². The van der Waals surface area contributed by atoms with Crippen molar-refractivity contribution in [3.8, 4) is 11.5 Å². The van der Waals surface area contributed by atoms with Gasteiger partial charge in [-0.2, -0.15) is 9.98 Å². The molecule has 0 aliphatic heterocycles. The third-order valence-electron chi connectivity index (χ3n) is 3.08. The minimum absolute atomic E-state index is 0.0537. The molecule has 0 radical (unpaired) electrons. The quantitative estimate of drug-likeness (QED) is 0.394. The van der Waals surface area contributed by atoms with Gasteiger partial charge in [-0.25, -0.2) is 9.59 Å². The average molecular weight is 400 g/mol. The van der Waals surface area contributed by atoms with E-state index in [0.717, 1.165) is 0 Å². The molecule has 0 bridgehead atoms. The zero-order valence-electron chi connectivity index (χ0n) is 13.4. The summed E-state index contributed by atoms with van der Waals surface area (Å²) >= 11 is 9.01. The highest BCUT2D eigenvalue weighted by molar-refractivity contribution is 7.78. The zero-order chi connectivity index (χ0) is 19.8. The fraction of sp³-hybridized carbons (Fsp3) is 0. The molecule has 0 atom stereocenters. The molecule has 0 aliphatic carbocycles. The summed E-state index contributed by atoms with van der Waals surface area (Å²) in [5, 5.41) is 22.5. The van der Waals surface area contributed by atoms with Crippen molar-refractivity contribution in [1.29, 1.82) is 0 Å². The van der Waals surface area contributed by atoms with Gasteiger partial charge in [0, 0.05) is 12.1 Å². The molecular weight excluding hydrogens is 391 g/mol. The summed E-state index contributed by atoms with van der Waals surface area (Å²) in [5.74, 6) is -1.99. The number of thiocarbonyl (C=S) groups is 2. The standard InChI is InChI=1S/C16H9BN2O6S2/c20-15(21)9-1-11(18-7-26)5-13(3-9)24-17-25-14-4-10(16(22)23)2-12(6-14)19-8-27/h1-6,17H,(H,20,21)(H,22,23). The number of benzene rings is 2. The Morgan fingerprint density at radius 2 is 1.22 bits per heavy atom. The van der Waals surface area contributed by atoms with Crippen molar-refractivity contribution in [3.63, 3.8) is 0 Å². The van der Waals surface area contributed by atoms with Gasteiger partial charge in [-0.1, -0.05) is 0 Å². The highest BCUT2D eigenvalue weighted by atomic mass is 32.1. The summed E-state index contributed by atoms with van der Waals surface area (Å²) < 4.78 is 10.7. The second kappa shape index (κ2) is 9.37. The van der Waals surface area contributed by atoms with Crippen LogP contribution >= 0.6 is 24.4 Å². The maximum Gasteiger partial charge on any atom is 0.576 e. The molecule has 0 spiro atoms. The molecule has 2 aromatic rings. The molecule has 0 saturated heterocycles. The van der Waals surface area contributed by atoms with Crippen LogP contribution in [0.1, 0.15) is 20.7 Å². The summed E-state index contributed by atoms with van der Waals surface area (Å²) in [6, 6.07) is 8.07. The lowest BCUT2D eigenvalue weighted by molar-refractivity contribution is 0.0686. The van der Waals surface area contributed by atoms with Gasteiger partial charge >= 0.3 is 19.6 Å². The van der Waals surface area contributed by atoms with Crippen molar-refractivity contribution in [2.24, 2.45) is 9.98 Å². The number of carbonyl (C=O) groups is 2. The predicted octanol–water partition coefficient (Wildman–Crippen LogP) is 3.28. The molecule has 0 fully saturated rings. The van der Waals surface area contributed by atoms with Crippen molar-refractivity contribution in [1.82, 2.24) is 0 Å². The molecule has 2 N–H and O–H groups in total. The number of aliphatic imine (C=N–C) groups is 2. The number of isothiocyanates is 2. The SMILES string of the molecule is O=C(O)c1cc(N=C=S)cc(OBOc2cc(N=C=S)cc(C(=O)O)c2)c1. The van der Waals surface area contributed by atoms with E-state index < -0.39 is 11.9 Å². The number of carboxylic acids is 2. The Hall–Kier alpha value is -3.36. The number of carboxylic acid groups (broad SMARTS) is 2. The number of rotatable bonds is 8. The van der Waals surface area contributed by atoms with E-state index >= 15 is 0 Å². The van der Waals surface area contributed by atoms with Crippen LogP contribution in [0.4, 0.5) is 11.4 Å². The minimum Gasteiger partial charge on any atom is -0.528 e. The van der Waals surface area contributed by atoms with E-state index in [2.05, 4.69) is 44.7 Å². The molecule has 0 aromatic heterocycles. The molecule has 2 aromatic carbocycles. The molecule has 11 heteroatoms. The summed E-state index contributed by atoms with van der Waals surface area (Å²) in [6.07, 6.45) is 0. The van der Waals surface area contributed by atoms with Crippen LogP contribution in [0.15, 0.2) is 46.4 Å². The smallest absolute Gasteiger partial charge is 0.528 e. The third kappa shape index (κ3) is 5.84. The summed E-state index contributed by atoms with van der Waals surface area (Å²) in [5.41, 5.74) is 0.403. The Balaban J connectivity index is 2.18. The third-order valence-corrected chi connectivity index (χ3v) is 3.26. The van der Waals surface area contributed by atoms with E-state index in [1.807, 2.05) is 0 Å². The fourth-order valence-corrected chi connectivity index (χ4v) is 2.19. The zero-order valence-corrected chi connectivity index (χ0v) is 15.0. The van der Waals surface area contributed by atoms with Gasteiger partial charge in [0.2, 0.25) is 0 Å². The molecule has 0 aliphatic rings. The van der Waals surface area contributed by atoms with Crippen LogP contribution in [0, 0.1) is 0 Å². The largest absolute Gasteiger partial charge is 0.576 e. The maximum absolute atomic E-state index is 11.1. The van der Waals surface area contributed by atoms with Crippen molar-refractivity contribution in [2.75, 3.05) is 0 Å². The number of aromatic carboxylic acids is 2. The Morgan fingerprint density at radius 3 is 1.56 bits per heavy atom. The van der Waals surface area contributed by atoms with Gasteiger partial charge in [0.15, 0.2) is 0 Å². The van der Waals surface area contributed by atoms with E-state index in [9.17, 15) is 9.59 Å². The van der Waals surface area contributed by atoms with Crippen LogP contribution in [0.25, 0.3) is 0 Å². The molecule has 0 unspecified atom stereocenters. The predicted molar refractivity (Wildman–Crippen MR) is 105 cm³/mol. The normalized spacial score (nSPS) is 9.33. The Kier molecular flexibility index (Phi) is 6.93. The van der Waals surface area contributed by atoms with Gasteiger partial charge < -0.3 is 19.5 Å². The monoisotopic (exact) mass is 400 g/mol. The van der Waals surface area contributed by atoms with Crippen molar-refractivity contribution < 1.29 is 29.1 Å². The van der Waals surface area contributed by atoms with Gasteiger partial charge in [-0.15, -0.1) is 0 Å². The second-order valence-electron chi connectivity index (χ2n) is 4.85. The first-order chi connectivity index (χ1) is 12.9. The van der Waals surface area contributed by atoms with E-state index in [1.165, 1.54) is 36.4 Å². The highest BCUT2D eigenvalue weighted by Gasteiger charge is 2.11. The average Bonchev–Trinajstić information content (AvgIpc) is 2.62. The molecule has 134 valence electrons. The number of hydrogen-bond acceptors (Lipinski definition) is 8. The van der Waals surface area contributed by atoms with Crippen LogP contribution in [0.2, 0.25) is 0 Å². The Bertz CT molecular complexity index is 880. The summed E-state index contributed by atoms with van der Waals surface area (Å²) in [6.45, 7) is 0. The number of hydrogen-bond donors (Lipinski definition) is 2. The molecule has 8 nitrogen and oxygen atoms in total. The molecule has 2 rings (SSSR count). The lowest BCUT2D eigenvalue weighted by Crippen LogP contribution is -2.12. The fourth-order valence-electron chi connectivity index (χ4n) is 1.98. The van der Waals surface area contributed by atoms with Gasteiger partial charge in [0.05, 0.1) is 32.8 Å². The minimum atomic E-state index is -1.17. The van der Waals surface area contributed by atoms with E-state index in [4.69, 9.17) is 19.5 Å². The van der Waals surface area contributed by atoms with E-state index in [-0.39, 0.29) is 41.7 Å². The second-order valence-corrected chi connectivity index (χ2v) is 5.22. The molecular formula is C16H9BN2O6S2. The van der Waals surface area contributed by atoms with Crippen LogP contribution in [0.5, 0.6) is 11.5 Å². The maximum atomic E-state index is 11.1. The van der Waals surface area contributed by atoms with Crippen LogP contribution in [-0.2, 0) is 0 Å². The lowest BCUT2D eigenvalue weighted by Gasteiger charge is -2.10. The highest BCUT2D eigenvalue weighted by Crippen LogP contribution is 2.25. The van der Waals surface area contributed by atoms with Crippen LogP contribution < -0.4 is 9.31 Å². The Morgan fingerprint density at radius 1 is 0.815 bits per heavy atom. The van der Waals surface area contributed by atoms with Gasteiger partial charge in [0.1, 0.15) is 11.5 Å². The molecule has 0 amide bonds. The summed E-state index contributed by atoms with van der Waals surface area (Å²) in [7, 11) is -0.326. The van der Waals surface area contributed by atoms with Crippen molar-refractivity contribution >= 4 is 65.8 Å².